The van der Waals surface area contributed by atoms with Gasteiger partial charge >= 0.3 is 0 Å². The van der Waals surface area contributed by atoms with E-state index in [0.717, 1.165) is 23.3 Å². The number of carbonyl (C=O) groups excluding carboxylic acids is 1. The van der Waals surface area contributed by atoms with Gasteiger partial charge in [0, 0.05) is 23.9 Å². The minimum absolute atomic E-state index is 0.0510. The Bertz CT molecular complexity index is 452. The molecule has 86 valence electrons. The molecule has 1 rings (SSSR count). The minimum Gasteiger partial charge on any atom is -0.295 e. The van der Waals surface area contributed by atoms with Crippen LogP contribution in [0.15, 0.2) is 23.9 Å². The Kier molecular flexibility index (Phi) is 3.82. The first-order valence-electron chi connectivity index (χ1n) is 5.36. The second kappa shape index (κ2) is 4.92. The van der Waals surface area contributed by atoms with Gasteiger partial charge in [-0.15, -0.1) is 0 Å². The first-order chi connectivity index (χ1) is 7.47. The molecule has 0 aliphatic carbocycles. The average Bonchev–Trinajstić information content (AvgIpc) is 2.55. The zero-order chi connectivity index (χ0) is 12.3. The van der Waals surface area contributed by atoms with Crippen molar-refractivity contribution < 1.29 is 4.79 Å². The van der Waals surface area contributed by atoms with Crippen LogP contribution in [0.25, 0.3) is 6.08 Å². The number of hydrogen-bond donors (Lipinski definition) is 0. The smallest absolute Gasteiger partial charge is 0.160 e. The summed E-state index contributed by atoms with van der Waals surface area (Å²) in [5.74, 6) is 0.0510. The van der Waals surface area contributed by atoms with E-state index in [2.05, 4.69) is 11.7 Å². The summed E-state index contributed by atoms with van der Waals surface area (Å²) in [6.45, 7) is 9.45. The molecule has 0 amide bonds. The third-order valence-corrected chi connectivity index (χ3v) is 2.76. The summed E-state index contributed by atoms with van der Waals surface area (Å²) in [6.07, 6.45) is 4.42. The van der Waals surface area contributed by atoms with Gasteiger partial charge in [-0.1, -0.05) is 13.5 Å². The van der Waals surface area contributed by atoms with E-state index in [1.807, 2.05) is 27.0 Å². The Labute approximate surface area is 96.5 Å². The van der Waals surface area contributed by atoms with Gasteiger partial charge in [-0.2, -0.15) is 5.10 Å². The van der Waals surface area contributed by atoms with E-state index in [4.69, 9.17) is 0 Å². The van der Waals surface area contributed by atoms with Crippen LogP contribution in [0.5, 0.6) is 0 Å². The van der Waals surface area contributed by atoms with Crippen LogP contribution < -0.4 is 0 Å². The van der Waals surface area contributed by atoms with Crippen molar-refractivity contribution in [3.8, 4) is 0 Å². The van der Waals surface area contributed by atoms with Gasteiger partial charge in [0.2, 0.25) is 0 Å². The van der Waals surface area contributed by atoms with Gasteiger partial charge in [0.25, 0.3) is 0 Å². The van der Waals surface area contributed by atoms with Crippen molar-refractivity contribution in [3.05, 3.63) is 35.2 Å². The van der Waals surface area contributed by atoms with E-state index in [1.165, 1.54) is 0 Å². The Morgan fingerprint density at radius 2 is 2.25 bits per heavy atom. The van der Waals surface area contributed by atoms with E-state index in [0.29, 0.717) is 5.57 Å². The number of allylic oxidation sites excluding steroid dienone is 2. The van der Waals surface area contributed by atoms with E-state index < -0.39 is 0 Å². The van der Waals surface area contributed by atoms with Crippen molar-refractivity contribution in [3.63, 3.8) is 0 Å². The van der Waals surface area contributed by atoms with Gasteiger partial charge in [0.1, 0.15) is 0 Å². The molecule has 0 N–H and O–H groups in total. The topological polar surface area (TPSA) is 34.9 Å². The molecule has 0 saturated carbocycles. The van der Waals surface area contributed by atoms with Crippen molar-refractivity contribution in [1.29, 1.82) is 0 Å². The summed E-state index contributed by atoms with van der Waals surface area (Å²) < 4.78 is 1.79. The zero-order valence-electron chi connectivity index (χ0n) is 10.4. The Morgan fingerprint density at radius 1 is 1.62 bits per heavy atom. The van der Waals surface area contributed by atoms with Crippen LogP contribution in [0.1, 0.15) is 31.5 Å². The molecule has 3 heteroatoms. The Morgan fingerprint density at radius 3 is 2.62 bits per heavy atom. The predicted octanol–water partition coefficient (Wildman–Crippen LogP) is 2.67. The van der Waals surface area contributed by atoms with Crippen LogP contribution >= 0.6 is 0 Å². The molecule has 1 aromatic rings. The number of carbonyl (C=O) groups is 1. The standard InChI is InChI=1S/C13H18N2O/c1-6-9(2)13(11(4)16)7-12-8-14-15(5)10(12)3/h7-8H,2,6H2,1,3-5H3. The number of rotatable bonds is 4. The van der Waals surface area contributed by atoms with Crippen LogP contribution in [-0.2, 0) is 11.8 Å². The molecule has 0 fully saturated rings. The number of Topliss-reactive ketones (excluding diaryl/α,β-unsaturated/α-hetero) is 1. The molecule has 1 heterocycles. The maximum absolute atomic E-state index is 11.5. The molecule has 0 saturated heterocycles. The molecule has 0 unspecified atom stereocenters. The van der Waals surface area contributed by atoms with Crippen LogP contribution in [-0.4, -0.2) is 15.6 Å². The first-order valence-corrected chi connectivity index (χ1v) is 5.36. The fourth-order valence-electron chi connectivity index (χ4n) is 1.46. The average molecular weight is 218 g/mol. The van der Waals surface area contributed by atoms with E-state index in [-0.39, 0.29) is 5.78 Å². The summed E-state index contributed by atoms with van der Waals surface area (Å²) >= 11 is 0. The second-order valence-corrected chi connectivity index (χ2v) is 3.88. The maximum atomic E-state index is 11.5. The first kappa shape index (κ1) is 12.4. The van der Waals surface area contributed by atoms with Crippen LogP contribution in [0.4, 0.5) is 0 Å². The summed E-state index contributed by atoms with van der Waals surface area (Å²) in [5, 5.41) is 4.14. The number of hydrogen-bond acceptors (Lipinski definition) is 2. The third kappa shape index (κ3) is 2.48. The van der Waals surface area contributed by atoms with Crippen molar-refractivity contribution in [2.75, 3.05) is 0 Å². The largest absolute Gasteiger partial charge is 0.295 e. The lowest BCUT2D eigenvalue weighted by atomic mass is 9.99. The minimum atomic E-state index is 0.0510. The number of ketones is 1. The quantitative estimate of drug-likeness (QED) is 0.575. The van der Waals surface area contributed by atoms with Crippen LogP contribution in [0.2, 0.25) is 0 Å². The molecular formula is C13H18N2O. The number of nitrogens with zero attached hydrogens (tertiary/aromatic N) is 2. The highest BCUT2D eigenvalue weighted by Gasteiger charge is 2.09. The Hall–Kier alpha value is -1.64. The van der Waals surface area contributed by atoms with E-state index in [9.17, 15) is 4.79 Å². The van der Waals surface area contributed by atoms with Gasteiger partial charge in [0.05, 0.1) is 6.20 Å². The lowest BCUT2D eigenvalue weighted by Crippen LogP contribution is -1.99. The molecule has 0 aromatic carbocycles. The van der Waals surface area contributed by atoms with Gasteiger partial charge in [0.15, 0.2) is 5.78 Å². The van der Waals surface area contributed by atoms with Crippen LogP contribution in [0, 0.1) is 6.92 Å². The summed E-state index contributed by atoms with van der Waals surface area (Å²) in [4.78, 5) is 11.5. The highest BCUT2D eigenvalue weighted by molar-refractivity contribution is 6.02. The molecule has 0 radical (unpaired) electrons. The lowest BCUT2D eigenvalue weighted by molar-refractivity contribution is -0.113. The number of aromatic nitrogens is 2. The van der Waals surface area contributed by atoms with Crippen molar-refractivity contribution in [2.24, 2.45) is 7.05 Å². The highest BCUT2D eigenvalue weighted by atomic mass is 16.1. The van der Waals surface area contributed by atoms with Crippen molar-refractivity contribution in [2.45, 2.75) is 27.2 Å². The van der Waals surface area contributed by atoms with Crippen LogP contribution in [0.3, 0.4) is 0 Å². The fourth-order valence-corrected chi connectivity index (χ4v) is 1.46. The Balaban J connectivity index is 3.17. The molecule has 16 heavy (non-hydrogen) atoms. The van der Waals surface area contributed by atoms with Gasteiger partial charge in [-0.3, -0.25) is 9.48 Å². The molecule has 0 aliphatic heterocycles. The van der Waals surface area contributed by atoms with Gasteiger partial charge in [-0.05, 0) is 31.9 Å². The van der Waals surface area contributed by atoms with Crippen molar-refractivity contribution in [1.82, 2.24) is 9.78 Å². The summed E-state index contributed by atoms with van der Waals surface area (Å²) in [6, 6.07) is 0. The maximum Gasteiger partial charge on any atom is 0.160 e. The highest BCUT2D eigenvalue weighted by Crippen LogP contribution is 2.18. The third-order valence-electron chi connectivity index (χ3n) is 2.76. The summed E-state index contributed by atoms with van der Waals surface area (Å²) in [5.41, 5.74) is 3.58. The molecular weight excluding hydrogens is 200 g/mol. The normalized spacial score (nSPS) is 11.6. The van der Waals surface area contributed by atoms with Gasteiger partial charge < -0.3 is 0 Å². The molecule has 1 aromatic heterocycles. The van der Waals surface area contributed by atoms with E-state index >= 15 is 0 Å². The SMILES string of the molecule is C=C(CC)C(=Cc1cnn(C)c1C)C(C)=O. The molecule has 0 aliphatic rings. The number of aryl methyl sites for hydroxylation is 1. The van der Waals surface area contributed by atoms with Crippen molar-refractivity contribution >= 4 is 11.9 Å². The molecule has 0 spiro atoms. The fraction of sp³-hybridized carbons (Fsp3) is 0.385. The zero-order valence-corrected chi connectivity index (χ0v) is 10.4. The lowest BCUT2D eigenvalue weighted by Gasteiger charge is -2.05. The second-order valence-electron chi connectivity index (χ2n) is 3.88. The molecule has 3 nitrogen and oxygen atoms in total. The van der Waals surface area contributed by atoms with E-state index in [1.54, 1.807) is 17.8 Å². The predicted molar refractivity (Wildman–Crippen MR) is 66.0 cm³/mol. The summed E-state index contributed by atoms with van der Waals surface area (Å²) in [7, 11) is 1.88. The van der Waals surface area contributed by atoms with Gasteiger partial charge in [-0.25, -0.2) is 0 Å². The molecule has 0 bridgehead atoms. The monoisotopic (exact) mass is 218 g/mol. The molecule has 0 atom stereocenters.